The maximum atomic E-state index is 9.45. The molecule has 0 bridgehead atoms. The molecule has 0 saturated carbocycles. The molecule has 1 aromatic carbocycles. The van der Waals surface area contributed by atoms with Crippen molar-refractivity contribution in [2.45, 2.75) is 23.1 Å². The summed E-state index contributed by atoms with van der Waals surface area (Å²) in [6.45, 7) is 1.75. The number of benzene rings is 1. The Labute approximate surface area is 106 Å². The van der Waals surface area contributed by atoms with Crippen LogP contribution in [0.3, 0.4) is 0 Å². The van der Waals surface area contributed by atoms with Crippen LogP contribution in [0.2, 0.25) is 0 Å². The second-order valence-electron chi connectivity index (χ2n) is 3.36. The van der Waals surface area contributed by atoms with E-state index in [-0.39, 0.29) is 0 Å². The van der Waals surface area contributed by atoms with Gasteiger partial charge in [-0.05, 0) is 40.5 Å². The van der Waals surface area contributed by atoms with Crippen molar-refractivity contribution in [1.29, 1.82) is 0 Å². The Bertz CT molecular complexity index is 471. The van der Waals surface area contributed by atoms with Crippen molar-refractivity contribution in [1.82, 2.24) is 9.97 Å². The van der Waals surface area contributed by atoms with Gasteiger partial charge in [-0.2, -0.15) is 0 Å². The Morgan fingerprint density at radius 1 is 1.50 bits per heavy atom. The average Bonchev–Trinajstić information content (AvgIpc) is 2.73. The van der Waals surface area contributed by atoms with Crippen molar-refractivity contribution in [3.63, 3.8) is 0 Å². The molecule has 1 heterocycles. The highest BCUT2D eigenvalue weighted by molar-refractivity contribution is 9.10. The van der Waals surface area contributed by atoms with Gasteiger partial charge in [0, 0.05) is 21.8 Å². The first-order chi connectivity index (χ1) is 7.66. The van der Waals surface area contributed by atoms with Gasteiger partial charge in [-0.15, -0.1) is 0 Å². The highest BCUT2D eigenvalue weighted by atomic mass is 79.9. The minimum absolute atomic E-state index is 0.445. The number of imidazole rings is 1. The van der Waals surface area contributed by atoms with Crippen molar-refractivity contribution < 1.29 is 5.11 Å². The molecular formula is C11H11BrN2OS. The topological polar surface area (TPSA) is 48.9 Å². The standard InChI is InChI=1S/C11H11BrN2OS/c1-7(15)8-2-3-10(9(12)6-8)16-11-13-4-5-14-11/h2-7,15H,1H3,(H,13,14). The van der Waals surface area contributed by atoms with Crippen molar-refractivity contribution in [2.24, 2.45) is 0 Å². The minimum atomic E-state index is -0.445. The Balaban J connectivity index is 2.23. The zero-order valence-electron chi connectivity index (χ0n) is 8.64. The summed E-state index contributed by atoms with van der Waals surface area (Å²) in [5.41, 5.74) is 0.899. The van der Waals surface area contributed by atoms with Gasteiger partial charge in [-0.3, -0.25) is 0 Å². The number of hydrogen-bond acceptors (Lipinski definition) is 3. The third-order valence-corrected chi connectivity index (χ3v) is 4.03. The summed E-state index contributed by atoms with van der Waals surface area (Å²) >= 11 is 5.03. The SMILES string of the molecule is CC(O)c1ccc(Sc2ncc[nH]2)c(Br)c1. The molecule has 1 aromatic heterocycles. The lowest BCUT2D eigenvalue weighted by molar-refractivity contribution is 0.199. The maximum Gasteiger partial charge on any atom is 0.170 e. The van der Waals surface area contributed by atoms with E-state index in [9.17, 15) is 5.11 Å². The monoisotopic (exact) mass is 298 g/mol. The molecule has 16 heavy (non-hydrogen) atoms. The third kappa shape index (κ3) is 2.66. The number of hydrogen-bond donors (Lipinski definition) is 2. The van der Waals surface area contributed by atoms with E-state index >= 15 is 0 Å². The number of halogens is 1. The Kier molecular flexibility index (Phi) is 3.68. The van der Waals surface area contributed by atoms with Crippen molar-refractivity contribution >= 4 is 27.7 Å². The van der Waals surface area contributed by atoms with Crippen LogP contribution in [-0.2, 0) is 0 Å². The summed E-state index contributed by atoms with van der Waals surface area (Å²) in [5.74, 6) is 0. The molecule has 0 saturated heterocycles. The Hall–Kier alpha value is -0.780. The average molecular weight is 299 g/mol. The van der Waals surface area contributed by atoms with Gasteiger partial charge < -0.3 is 10.1 Å². The number of nitrogens with zero attached hydrogens (tertiary/aromatic N) is 1. The van der Waals surface area contributed by atoms with E-state index in [0.29, 0.717) is 0 Å². The predicted molar refractivity (Wildman–Crippen MR) is 67.5 cm³/mol. The second-order valence-corrected chi connectivity index (χ2v) is 5.25. The van der Waals surface area contributed by atoms with Crippen LogP contribution in [-0.4, -0.2) is 15.1 Å². The van der Waals surface area contributed by atoms with Crippen LogP contribution >= 0.6 is 27.7 Å². The van der Waals surface area contributed by atoms with Gasteiger partial charge >= 0.3 is 0 Å². The van der Waals surface area contributed by atoms with Gasteiger partial charge in [0.05, 0.1) is 6.10 Å². The van der Waals surface area contributed by atoms with Crippen LogP contribution < -0.4 is 0 Å². The summed E-state index contributed by atoms with van der Waals surface area (Å²) in [6, 6.07) is 5.82. The molecule has 1 unspecified atom stereocenters. The first-order valence-electron chi connectivity index (χ1n) is 4.81. The summed E-state index contributed by atoms with van der Waals surface area (Å²) in [6.07, 6.45) is 3.07. The molecule has 0 aliphatic carbocycles. The molecule has 0 aliphatic heterocycles. The number of aromatic amines is 1. The predicted octanol–water partition coefficient (Wildman–Crippen LogP) is 3.38. The van der Waals surface area contributed by atoms with Gasteiger partial charge in [0.15, 0.2) is 5.16 Å². The molecule has 5 heteroatoms. The van der Waals surface area contributed by atoms with Crippen LogP contribution in [0.15, 0.2) is 45.1 Å². The highest BCUT2D eigenvalue weighted by Gasteiger charge is 2.07. The number of rotatable bonds is 3. The summed E-state index contributed by atoms with van der Waals surface area (Å²) in [5, 5.41) is 10.3. The van der Waals surface area contributed by atoms with E-state index in [1.807, 2.05) is 18.2 Å². The van der Waals surface area contributed by atoms with E-state index in [1.54, 1.807) is 31.1 Å². The number of H-pyrrole nitrogens is 1. The molecule has 0 amide bonds. The van der Waals surface area contributed by atoms with Crippen molar-refractivity contribution in [3.05, 3.63) is 40.6 Å². The molecule has 0 radical (unpaired) electrons. The lowest BCUT2D eigenvalue weighted by atomic mass is 10.1. The fourth-order valence-electron chi connectivity index (χ4n) is 1.27. The minimum Gasteiger partial charge on any atom is -0.389 e. The molecule has 0 spiro atoms. The second kappa shape index (κ2) is 5.03. The number of nitrogens with one attached hydrogen (secondary N) is 1. The first kappa shape index (κ1) is 11.7. The van der Waals surface area contributed by atoms with Gasteiger partial charge in [-0.25, -0.2) is 4.98 Å². The highest BCUT2D eigenvalue weighted by Crippen LogP contribution is 2.33. The zero-order valence-corrected chi connectivity index (χ0v) is 11.0. The summed E-state index contributed by atoms with van der Waals surface area (Å²) < 4.78 is 0.965. The van der Waals surface area contributed by atoms with Crippen LogP contribution in [0.1, 0.15) is 18.6 Å². The smallest absolute Gasteiger partial charge is 0.170 e. The molecule has 3 nitrogen and oxygen atoms in total. The molecule has 1 atom stereocenters. The van der Waals surface area contributed by atoms with Gasteiger partial charge in [-0.1, -0.05) is 17.8 Å². The number of aliphatic hydroxyl groups is 1. The van der Waals surface area contributed by atoms with Gasteiger partial charge in [0.25, 0.3) is 0 Å². The molecule has 2 aromatic rings. The van der Waals surface area contributed by atoms with Crippen LogP contribution in [0.4, 0.5) is 0 Å². The lowest BCUT2D eigenvalue weighted by Gasteiger charge is -2.07. The number of aliphatic hydroxyl groups excluding tert-OH is 1. The van der Waals surface area contributed by atoms with E-state index in [2.05, 4.69) is 25.9 Å². The molecule has 2 rings (SSSR count). The van der Waals surface area contributed by atoms with Gasteiger partial charge in [0.1, 0.15) is 0 Å². The van der Waals surface area contributed by atoms with Gasteiger partial charge in [0.2, 0.25) is 0 Å². The zero-order chi connectivity index (χ0) is 11.5. The molecule has 0 fully saturated rings. The molecule has 2 N–H and O–H groups in total. The van der Waals surface area contributed by atoms with Crippen LogP contribution in [0.25, 0.3) is 0 Å². The lowest BCUT2D eigenvalue weighted by Crippen LogP contribution is -1.91. The van der Waals surface area contributed by atoms with Crippen molar-refractivity contribution in [2.75, 3.05) is 0 Å². The largest absolute Gasteiger partial charge is 0.389 e. The van der Waals surface area contributed by atoms with Crippen LogP contribution in [0, 0.1) is 0 Å². The van der Waals surface area contributed by atoms with E-state index in [0.717, 1.165) is 20.1 Å². The summed E-state index contributed by atoms with van der Waals surface area (Å²) in [7, 11) is 0. The maximum absolute atomic E-state index is 9.45. The Morgan fingerprint density at radius 2 is 2.31 bits per heavy atom. The third-order valence-electron chi connectivity index (χ3n) is 2.12. The van der Waals surface area contributed by atoms with E-state index in [4.69, 9.17) is 0 Å². The normalized spacial score (nSPS) is 12.7. The fraction of sp³-hybridized carbons (Fsp3) is 0.182. The Morgan fingerprint density at radius 3 is 2.88 bits per heavy atom. The van der Waals surface area contributed by atoms with E-state index in [1.165, 1.54) is 0 Å². The van der Waals surface area contributed by atoms with E-state index < -0.39 is 6.10 Å². The summed E-state index contributed by atoms with van der Waals surface area (Å²) in [4.78, 5) is 8.25. The molecular weight excluding hydrogens is 288 g/mol. The molecule has 84 valence electrons. The first-order valence-corrected chi connectivity index (χ1v) is 6.42. The van der Waals surface area contributed by atoms with Crippen molar-refractivity contribution in [3.8, 4) is 0 Å². The molecule has 0 aliphatic rings. The quantitative estimate of drug-likeness (QED) is 0.913. The number of aromatic nitrogens is 2. The van der Waals surface area contributed by atoms with Crippen LogP contribution in [0.5, 0.6) is 0 Å². The fourth-order valence-corrected chi connectivity index (χ4v) is 2.65.